The molecule has 0 aromatic rings. The first-order chi connectivity index (χ1) is 24.3. The molecule has 0 fully saturated rings. The summed E-state index contributed by atoms with van der Waals surface area (Å²) < 4.78 is 9.13. The van der Waals surface area contributed by atoms with Crippen LogP contribution in [0, 0.1) is 0 Å². The van der Waals surface area contributed by atoms with E-state index in [2.05, 4.69) is 24.2 Å². The fourth-order valence-electron chi connectivity index (χ4n) is 7.35. The number of unbranched alkanes of at least 4 members (excludes halogenated alkanes) is 37. The topological polar surface area (TPSA) is 12.5 Å². The van der Waals surface area contributed by atoms with Gasteiger partial charge in [-0.2, -0.15) is 0 Å². The Morgan fingerprint density at radius 1 is 0.275 bits per heavy atom. The Morgan fingerprint density at radius 2 is 0.471 bits per heavy atom. The van der Waals surface area contributed by atoms with Gasteiger partial charge in [0.25, 0.3) is 0 Å². The first kappa shape index (κ1) is 56.5. The van der Waals surface area contributed by atoms with E-state index in [-0.39, 0.29) is 44.6 Å². The Labute approximate surface area is 346 Å². The summed E-state index contributed by atoms with van der Waals surface area (Å²) in [5.74, 6) is 0. The summed E-state index contributed by atoms with van der Waals surface area (Å²) in [7, 11) is 0. The van der Waals surface area contributed by atoms with Crippen LogP contribution in [0.25, 0.3) is 0 Å². The molecule has 0 rings (SSSR count). The molecular formula is C46H95Cl2NOTi. The van der Waals surface area contributed by atoms with Gasteiger partial charge in [-0.25, -0.2) is 0 Å². The zero-order chi connectivity index (χ0) is 35.4. The fraction of sp³-hybridized carbons (Fsp3) is 1.00. The van der Waals surface area contributed by atoms with Gasteiger partial charge in [-0.1, -0.05) is 90.9 Å². The van der Waals surface area contributed by atoms with Crippen LogP contribution in [-0.4, -0.2) is 23.1 Å². The second kappa shape index (κ2) is 53.3. The van der Waals surface area contributed by atoms with Crippen LogP contribution in [0.5, 0.6) is 0 Å². The molecule has 0 aliphatic rings. The minimum absolute atomic E-state index is 0. The maximum absolute atomic E-state index is 6.35. The molecule has 51 heavy (non-hydrogen) atoms. The second-order valence-corrected chi connectivity index (χ2v) is 17.7. The average molecular weight is 797 g/mol. The summed E-state index contributed by atoms with van der Waals surface area (Å²) in [6.45, 7) is 10.6. The summed E-state index contributed by atoms with van der Waals surface area (Å²) in [5.41, 5.74) is 0. The molecule has 0 aliphatic carbocycles. The van der Waals surface area contributed by atoms with Crippen LogP contribution in [0.4, 0.5) is 0 Å². The fourth-order valence-corrected chi connectivity index (χ4v) is 8.78. The first-order valence-electron chi connectivity index (χ1n) is 23.5. The van der Waals surface area contributed by atoms with Gasteiger partial charge in [-0.05, 0) is 0 Å². The molecule has 0 heterocycles. The van der Waals surface area contributed by atoms with Crippen LogP contribution in [0.2, 0.25) is 0 Å². The van der Waals surface area contributed by atoms with Crippen molar-refractivity contribution >= 4 is 0 Å². The van der Waals surface area contributed by atoms with E-state index in [4.69, 9.17) is 3.32 Å². The molecule has 0 saturated carbocycles. The Hall–Kier alpha value is 1.21. The van der Waals surface area contributed by atoms with E-state index >= 15 is 0 Å². The molecule has 0 bridgehead atoms. The van der Waals surface area contributed by atoms with E-state index in [1.165, 1.54) is 270 Å². The minimum Gasteiger partial charge on any atom is -1.00 e. The Kier molecular flexibility index (Phi) is 59.1. The molecule has 0 aromatic carbocycles. The van der Waals surface area contributed by atoms with E-state index in [1.807, 2.05) is 0 Å². The summed E-state index contributed by atoms with van der Waals surface area (Å²) in [6.07, 6.45) is 57.7. The van der Waals surface area contributed by atoms with Crippen molar-refractivity contribution in [2.45, 2.75) is 278 Å². The third kappa shape index (κ3) is 51.2. The molecule has 0 unspecified atom stereocenters. The molecule has 0 saturated heterocycles. The predicted octanol–water partition coefficient (Wildman–Crippen LogP) is 10.9. The molecule has 2 nitrogen and oxygen atoms in total. The Morgan fingerprint density at radius 3 is 0.706 bits per heavy atom. The van der Waals surface area contributed by atoms with E-state index in [0.29, 0.717) is 0 Å². The first-order valence-corrected chi connectivity index (χ1v) is 24.8. The van der Waals surface area contributed by atoms with E-state index in [0.717, 1.165) is 6.61 Å². The Balaban J connectivity index is -0.0000115. The maximum Gasteiger partial charge on any atom is -1.00 e. The summed E-state index contributed by atoms with van der Waals surface area (Å²) in [6, 6.07) is 0. The number of rotatable bonds is 45. The van der Waals surface area contributed by atoms with Crippen molar-refractivity contribution in [1.82, 2.24) is 3.38 Å². The molecule has 0 amide bonds. The van der Waals surface area contributed by atoms with Gasteiger partial charge in [0.15, 0.2) is 0 Å². The molecule has 308 valence electrons. The molecular weight excluding hydrogens is 701 g/mol. The largest absolute Gasteiger partial charge is 1.00 e. The molecule has 0 radical (unpaired) electrons. The SMILES string of the molecule is CCCCCCCCCCCCCCCCCC[N](CCCCCCCCCCCCCCCCCC)[Ti+2][O]CCCCCCCCCC.[Cl-].[Cl-]. The maximum atomic E-state index is 6.35. The normalized spacial score (nSPS) is 11.1. The van der Waals surface area contributed by atoms with Gasteiger partial charge in [-0.3, -0.25) is 0 Å². The van der Waals surface area contributed by atoms with E-state index < -0.39 is 0 Å². The molecule has 5 heteroatoms. The van der Waals surface area contributed by atoms with Crippen molar-refractivity contribution in [3.8, 4) is 0 Å². The van der Waals surface area contributed by atoms with Gasteiger partial charge in [0.05, 0.1) is 0 Å². The van der Waals surface area contributed by atoms with Crippen LogP contribution in [0.3, 0.4) is 0 Å². The average Bonchev–Trinajstić information content (AvgIpc) is 3.11. The summed E-state index contributed by atoms with van der Waals surface area (Å²) in [5, 5.41) is 0. The number of hydrogen-bond acceptors (Lipinski definition) is 2. The van der Waals surface area contributed by atoms with Gasteiger partial charge >= 0.3 is 233 Å². The summed E-state index contributed by atoms with van der Waals surface area (Å²) in [4.78, 5) is 0. The minimum atomic E-state index is -0.385. The number of hydrogen-bond donors (Lipinski definition) is 0. The smallest absolute Gasteiger partial charge is 1.00 e. The van der Waals surface area contributed by atoms with Crippen LogP contribution in [0.15, 0.2) is 0 Å². The third-order valence-electron chi connectivity index (χ3n) is 10.9. The van der Waals surface area contributed by atoms with Crippen molar-refractivity contribution in [2.24, 2.45) is 0 Å². The summed E-state index contributed by atoms with van der Waals surface area (Å²) >= 11 is -0.385. The molecule has 0 spiro atoms. The monoisotopic (exact) mass is 796 g/mol. The molecule has 0 aromatic heterocycles. The predicted molar refractivity (Wildman–Crippen MR) is 219 cm³/mol. The zero-order valence-electron chi connectivity index (χ0n) is 35.5. The zero-order valence-corrected chi connectivity index (χ0v) is 38.6. The van der Waals surface area contributed by atoms with Gasteiger partial charge in [0.1, 0.15) is 0 Å². The number of halogens is 2. The van der Waals surface area contributed by atoms with Gasteiger partial charge in [-0.15, -0.1) is 0 Å². The molecule has 0 atom stereocenters. The van der Waals surface area contributed by atoms with Gasteiger partial charge in [0, 0.05) is 0 Å². The van der Waals surface area contributed by atoms with Crippen molar-refractivity contribution in [2.75, 3.05) is 19.7 Å². The third-order valence-corrected chi connectivity index (χ3v) is 12.5. The van der Waals surface area contributed by atoms with Gasteiger partial charge < -0.3 is 24.8 Å². The molecule has 0 N–H and O–H groups in total. The van der Waals surface area contributed by atoms with Crippen LogP contribution >= 0.6 is 0 Å². The Bertz CT molecular complexity index is 533. The van der Waals surface area contributed by atoms with E-state index in [9.17, 15) is 0 Å². The van der Waals surface area contributed by atoms with Crippen molar-refractivity contribution in [3.05, 3.63) is 0 Å². The quantitative estimate of drug-likeness (QED) is 0.0450. The van der Waals surface area contributed by atoms with Crippen molar-refractivity contribution < 1.29 is 47.9 Å². The van der Waals surface area contributed by atoms with Crippen LogP contribution in [0.1, 0.15) is 278 Å². The standard InChI is InChI=1S/C36H74N.C10H21O.2ClH.Ti/c1-3-5-7-9-11-13-15-17-19-21-23-25-27-29-31-33-35-37-36-34-32-30-28-26-24-22-20-18-16-14-12-10-8-6-4-2;1-2-3-4-5-6-7-8-9-10-11;;;/h3-36H2,1-2H3;2-10H2,1H3;2*1H;/q2*-1;;;+4/p-2. The van der Waals surface area contributed by atoms with Crippen LogP contribution in [-0.2, 0) is 23.1 Å². The molecule has 0 aliphatic heterocycles. The number of nitrogens with zero attached hydrogens (tertiary/aromatic N) is 1. The second-order valence-electron chi connectivity index (χ2n) is 16.0. The van der Waals surface area contributed by atoms with Crippen molar-refractivity contribution in [1.29, 1.82) is 0 Å². The van der Waals surface area contributed by atoms with Crippen LogP contribution < -0.4 is 24.8 Å². The van der Waals surface area contributed by atoms with E-state index in [1.54, 1.807) is 0 Å². The van der Waals surface area contributed by atoms with Gasteiger partial charge in [0.2, 0.25) is 0 Å². The van der Waals surface area contributed by atoms with Crippen molar-refractivity contribution in [3.63, 3.8) is 0 Å².